The molecule has 2 aromatic rings. The normalized spacial score (nSPS) is 13.9. The molecule has 1 heterocycles. The Bertz CT molecular complexity index is 763. The van der Waals surface area contributed by atoms with Crippen molar-refractivity contribution in [2.75, 3.05) is 12.4 Å². The van der Waals surface area contributed by atoms with Crippen molar-refractivity contribution in [2.24, 2.45) is 0 Å². The third-order valence-corrected chi connectivity index (χ3v) is 5.69. The van der Waals surface area contributed by atoms with Gasteiger partial charge in [0.05, 0.1) is 22.8 Å². The topological polar surface area (TPSA) is 76.1 Å². The first kappa shape index (κ1) is 20.6. The smallest absolute Gasteiger partial charge is 0.156 e. The molecule has 0 aliphatic carbocycles. The Kier molecular flexibility index (Phi) is 6.97. The Morgan fingerprint density at radius 3 is 2.46 bits per heavy atom. The molecular weight excluding hydrogens is 372 g/mol. The van der Waals surface area contributed by atoms with Crippen molar-refractivity contribution in [3.8, 4) is 5.75 Å². The second kappa shape index (κ2) is 8.79. The van der Waals surface area contributed by atoms with Gasteiger partial charge < -0.3 is 10.1 Å². The summed E-state index contributed by atoms with van der Waals surface area (Å²) in [4.78, 5) is 0. The molecule has 1 unspecified atom stereocenters. The van der Waals surface area contributed by atoms with Gasteiger partial charge in [-0.15, -0.1) is 10.2 Å². The lowest BCUT2D eigenvalue weighted by atomic mass is 10.1. The lowest BCUT2D eigenvalue weighted by molar-refractivity contribution is 0.414. The Labute approximate surface area is 162 Å². The van der Waals surface area contributed by atoms with E-state index in [4.69, 9.17) is 16.3 Å². The van der Waals surface area contributed by atoms with Gasteiger partial charge in [0, 0.05) is 18.2 Å². The molecule has 0 aliphatic rings. The van der Waals surface area contributed by atoms with Crippen molar-refractivity contribution >= 4 is 28.4 Å². The summed E-state index contributed by atoms with van der Waals surface area (Å²) in [5.74, 6) is 1.42. The Morgan fingerprint density at radius 1 is 1.23 bits per heavy atom. The van der Waals surface area contributed by atoms with E-state index in [0.29, 0.717) is 17.5 Å². The fourth-order valence-electron chi connectivity index (χ4n) is 2.12. The van der Waals surface area contributed by atoms with Crippen LogP contribution in [0.2, 0.25) is 5.15 Å². The number of benzene rings is 1. The summed E-state index contributed by atoms with van der Waals surface area (Å²) in [6, 6.07) is 9.38. The second-order valence-corrected chi connectivity index (χ2v) is 9.25. The number of nitrogens with one attached hydrogen (secondary N) is 2. The third kappa shape index (κ3) is 5.65. The van der Waals surface area contributed by atoms with Crippen molar-refractivity contribution in [3.63, 3.8) is 0 Å². The molecule has 0 bridgehead atoms. The van der Waals surface area contributed by atoms with Crippen LogP contribution in [-0.4, -0.2) is 26.3 Å². The van der Waals surface area contributed by atoms with E-state index in [0.717, 1.165) is 16.9 Å². The average Bonchev–Trinajstić information content (AvgIpc) is 2.60. The largest absolute Gasteiger partial charge is 0.497 e. The highest BCUT2D eigenvalue weighted by atomic mass is 35.5. The first-order chi connectivity index (χ1) is 12.2. The predicted molar refractivity (Wildman–Crippen MR) is 107 cm³/mol. The molecule has 142 valence electrons. The summed E-state index contributed by atoms with van der Waals surface area (Å²) in [6.45, 7) is 8.24. The first-order valence-electron chi connectivity index (χ1n) is 8.28. The van der Waals surface area contributed by atoms with E-state index in [-0.39, 0.29) is 10.8 Å². The highest BCUT2D eigenvalue weighted by Gasteiger charge is 2.23. The minimum atomic E-state index is -1.21. The quantitative estimate of drug-likeness (QED) is 0.743. The highest BCUT2D eigenvalue weighted by molar-refractivity contribution is 7.84. The maximum atomic E-state index is 12.3. The predicted octanol–water partition coefficient (Wildman–Crippen LogP) is 3.86. The number of ether oxygens (including phenoxy) is 1. The van der Waals surface area contributed by atoms with Gasteiger partial charge >= 0.3 is 0 Å². The average molecular weight is 397 g/mol. The van der Waals surface area contributed by atoms with Crippen LogP contribution in [0.15, 0.2) is 30.3 Å². The standard InChI is InChI=1S/C18H25ClN4O2S/c1-12(23-26(24)18(2,3)4)15-10-16(21-22-17(15)19)20-11-13-6-8-14(25-5)9-7-13/h6-10,12,23H,11H2,1-5H3,(H,20,21)/t12-,26?/m1/s1. The molecule has 2 rings (SSSR count). The van der Waals surface area contributed by atoms with E-state index < -0.39 is 11.0 Å². The Balaban J connectivity index is 2.07. The molecule has 8 heteroatoms. The number of hydrogen-bond donors (Lipinski definition) is 2. The number of methoxy groups -OCH3 is 1. The minimum Gasteiger partial charge on any atom is -0.497 e. The van der Waals surface area contributed by atoms with Crippen molar-refractivity contribution in [1.82, 2.24) is 14.9 Å². The number of rotatable bonds is 7. The maximum Gasteiger partial charge on any atom is 0.156 e. The van der Waals surface area contributed by atoms with Crippen LogP contribution in [0.3, 0.4) is 0 Å². The summed E-state index contributed by atoms with van der Waals surface area (Å²) in [5, 5.41) is 11.6. The highest BCUT2D eigenvalue weighted by Crippen LogP contribution is 2.24. The van der Waals surface area contributed by atoms with E-state index in [1.54, 1.807) is 7.11 Å². The van der Waals surface area contributed by atoms with Crippen LogP contribution in [0.5, 0.6) is 5.75 Å². The lowest BCUT2D eigenvalue weighted by Gasteiger charge is -2.22. The molecule has 26 heavy (non-hydrogen) atoms. The minimum absolute atomic E-state index is 0.223. The summed E-state index contributed by atoms with van der Waals surface area (Å²) in [7, 11) is 0.430. The van der Waals surface area contributed by atoms with Gasteiger partial charge in [-0.05, 0) is 51.5 Å². The SMILES string of the molecule is COc1ccc(CNc2cc([C@@H](C)NS(=O)C(C)(C)C)c(Cl)nn2)cc1. The molecule has 0 saturated heterocycles. The zero-order chi connectivity index (χ0) is 19.3. The van der Waals surface area contributed by atoms with E-state index in [9.17, 15) is 4.21 Å². The van der Waals surface area contributed by atoms with Crippen molar-refractivity contribution < 1.29 is 8.95 Å². The van der Waals surface area contributed by atoms with Gasteiger partial charge in [-0.3, -0.25) is 0 Å². The van der Waals surface area contributed by atoms with Crippen molar-refractivity contribution in [2.45, 2.75) is 45.0 Å². The summed E-state index contributed by atoms with van der Waals surface area (Å²) in [5.41, 5.74) is 1.83. The van der Waals surface area contributed by atoms with Crippen LogP contribution >= 0.6 is 11.6 Å². The van der Waals surface area contributed by atoms with Crippen LogP contribution in [0, 0.1) is 0 Å². The Morgan fingerprint density at radius 2 is 1.88 bits per heavy atom. The summed E-state index contributed by atoms with van der Waals surface area (Å²) in [6.07, 6.45) is 0. The van der Waals surface area contributed by atoms with Gasteiger partial charge in [-0.1, -0.05) is 23.7 Å². The molecule has 0 aliphatic heterocycles. The molecular formula is C18H25ClN4O2S. The maximum absolute atomic E-state index is 12.3. The number of nitrogens with zero attached hydrogens (tertiary/aromatic N) is 2. The molecule has 6 nitrogen and oxygen atoms in total. The fourth-order valence-corrected chi connectivity index (χ4v) is 3.18. The van der Waals surface area contributed by atoms with Gasteiger partial charge in [0.1, 0.15) is 11.6 Å². The van der Waals surface area contributed by atoms with Gasteiger partial charge in [0.15, 0.2) is 5.15 Å². The third-order valence-electron chi connectivity index (χ3n) is 3.72. The van der Waals surface area contributed by atoms with E-state index >= 15 is 0 Å². The zero-order valence-corrected chi connectivity index (χ0v) is 17.2. The first-order valence-corrected chi connectivity index (χ1v) is 9.81. The molecule has 2 N–H and O–H groups in total. The molecule has 0 spiro atoms. The van der Waals surface area contributed by atoms with Crippen molar-refractivity contribution in [3.05, 3.63) is 46.6 Å². The van der Waals surface area contributed by atoms with Crippen LogP contribution in [0.25, 0.3) is 0 Å². The molecule has 2 atom stereocenters. The molecule has 0 fully saturated rings. The summed E-state index contributed by atoms with van der Waals surface area (Å²) >= 11 is 6.19. The Hall–Kier alpha value is -1.70. The number of anilines is 1. The lowest BCUT2D eigenvalue weighted by Crippen LogP contribution is -2.35. The van der Waals surface area contributed by atoms with Gasteiger partial charge in [0.2, 0.25) is 0 Å². The van der Waals surface area contributed by atoms with Crippen LogP contribution in [0.4, 0.5) is 5.82 Å². The fraction of sp³-hybridized carbons (Fsp3) is 0.444. The molecule has 1 aromatic heterocycles. The monoisotopic (exact) mass is 396 g/mol. The van der Waals surface area contributed by atoms with Gasteiger partial charge in [-0.25, -0.2) is 8.93 Å². The van der Waals surface area contributed by atoms with E-state index in [1.807, 2.05) is 58.0 Å². The van der Waals surface area contributed by atoms with E-state index in [1.165, 1.54) is 0 Å². The molecule has 0 radical (unpaired) electrons. The van der Waals surface area contributed by atoms with Crippen LogP contribution < -0.4 is 14.8 Å². The van der Waals surface area contributed by atoms with E-state index in [2.05, 4.69) is 20.2 Å². The molecule has 1 aromatic carbocycles. The second-order valence-electron chi connectivity index (χ2n) is 6.90. The number of halogens is 1. The van der Waals surface area contributed by atoms with Gasteiger partial charge in [0.25, 0.3) is 0 Å². The van der Waals surface area contributed by atoms with Crippen molar-refractivity contribution in [1.29, 1.82) is 0 Å². The zero-order valence-electron chi connectivity index (χ0n) is 15.7. The van der Waals surface area contributed by atoms with Crippen LogP contribution in [0.1, 0.15) is 44.9 Å². The number of hydrogen-bond acceptors (Lipinski definition) is 5. The molecule has 0 amide bonds. The van der Waals surface area contributed by atoms with Crippen LogP contribution in [-0.2, 0) is 17.5 Å². The molecule has 0 saturated carbocycles. The summed E-state index contributed by atoms with van der Waals surface area (Å²) < 4.78 is 20.2. The number of aromatic nitrogens is 2. The van der Waals surface area contributed by atoms with Gasteiger partial charge in [-0.2, -0.15) is 0 Å².